The van der Waals surface area contributed by atoms with Crippen LogP contribution in [0.15, 0.2) is 36.4 Å². The predicted octanol–water partition coefficient (Wildman–Crippen LogP) is 5.25. The third kappa shape index (κ3) is 5.45. The molecule has 4 N–H and O–H groups in total. The van der Waals surface area contributed by atoms with Crippen molar-refractivity contribution in [3.63, 3.8) is 0 Å². The second-order valence-electron chi connectivity index (χ2n) is 9.45. The fourth-order valence-corrected chi connectivity index (χ4v) is 5.12. The lowest BCUT2D eigenvalue weighted by atomic mass is 9.70. The number of H-pyrrole nitrogens is 1. The number of nitrogens with zero attached hydrogens (tertiary/aromatic N) is 3. The summed E-state index contributed by atoms with van der Waals surface area (Å²) < 4.78 is 60.4. The SMILES string of the molecule is CC[C@@H]1C[C@](Cc2nc(Nc3cc(C)[nH]n3)ccc2F)(C(O)O)CCN1C(F)(F)c1cccc(Cl)c1F. The van der Waals surface area contributed by atoms with E-state index in [1.807, 2.05) is 6.92 Å². The molecule has 2 atom stereocenters. The molecule has 200 valence electrons. The van der Waals surface area contributed by atoms with Crippen LogP contribution in [0.2, 0.25) is 5.02 Å². The number of pyridine rings is 1. The molecule has 3 heterocycles. The largest absolute Gasteiger partial charge is 0.368 e. The summed E-state index contributed by atoms with van der Waals surface area (Å²) in [6, 6.07) is 3.21. The zero-order chi connectivity index (χ0) is 27.0. The molecule has 3 aromatic rings. The first-order valence-electron chi connectivity index (χ1n) is 11.9. The van der Waals surface area contributed by atoms with Gasteiger partial charge >= 0.3 is 6.05 Å². The number of likely N-dealkylation sites (tertiary alicyclic amines) is 1. The van der Waals surface area contributed by atoms with Crippen LogP contribution in [-0.2, 0) is 12.5 Å². The number of nitrogens with one attached hydrogen (secondary N) is 2. The standard InChI is InChI=1S/C25H28ClF4N5O2/c1-3-15-12-24(23(36)37,9-10-35(15)25(29,30)16-5-4-6-17(26)22(16)28)13-19-18(27)7-8-20(31-19)32-21-11-14(2)33-34-21/h4-8,11,15,23,36-37H,3,9-10,12-13H2,1-2H3,(H2,31,32,33,34)/t15-,24-/m1/s1. The van der Waals surface area contributed by atoms with Crippen LogP contribution in [0.1, 0.15) is 43.1 Å². The number of benzene rings is 1. The van der Waals surface area contributed by atoms with Crippen LogP contribution in [0.3, 0.4) is 0 Å². The molecule has 0 radical (unpaired) electrons. The lowest BCUT2D eigenvalue weighted by Gasteiger charge is -2.49. The molecule has 4 rings (SSSR count). The van der Waals surface area contributed by atoms with Gasteiger partial charge in [-0.15, -0.1) is 0 Å². The van der Waals surface area contributed by atoms with E-state index in [0.29, 0.717) is 5.82 Å². The van der Waals surface area contributed by atoms with Gasteiger partial charge in [0, 0.05) is 36.2 Å². The average molecular weight is 542 g/mol. The first-order chi connectivity index (χ1) is 17.5. The van der Waals surface area contributed by atoms with Crippen molar-refractivity contribution < 1.29 is 27.8 Å². The molecule has 0 spiro atoms. The van der Waals surface area contributed by atoms with E-state index < -0.39 is 46.0 Å². The highest BCUT2D eigenvalue weighted by atomic mass is 35.5. The van der Waals surface area contributed by atoms with Crippen molar-refractivity contribution in [2.75, 3.05) is 11.9 Å². The Morgan fingerprint density at radius 2 is 2.00 bits per heavy atom. The summed E-state index contributed by atoms with van der Waals surface area (Å²) in [5.41, 5.74) is -1.44. The van der Waals surface area contributed by atoms with Crippen molar-refractivity contribution in [2.45, 2.75) is 57.9 Å². The number of hydrogen-bond donors (Lipinski definition) is 4. The normalized spacial score (nSPS) is 21.0. The third-order valence-electron chi connectivity index (χ3n) is 6.99. The summed E-state index contributed by atoms with van der Waals surface area (Å²) in [5.74, 6) is -1.11. The van der Waals surface area contributed by atoms with Crippen molar-refractivity contribution in [3.8, 4) is 0 Å². The molecule has 0 aliphatic carbocycles. The molecular weight excluding hydrogens is 514 g/mol. The zero-order valence-corrected chi connectivity index (χ0v) is 21.0. The highest BCUT2D eigenvalue weighted by Gasteiger charge is 2.52. The lowest BCUT2D eigenvalue weighted by Crippen LogP contribution is -2.57. The van der Waals surface area contributed by atoms with Crippen molar-refractivity contribution in [2.24, 2.45) is 5.41 Å². The number of anilines is 2. The van der Waals surface area contributed by atoms with Crippen molar-refractivity contribution in [1.29, 1.82) is 0 Å². The molecule has 7 nitrogen and oxygen atoms in total. The number of hydrogen-bond acceptors (Lipinski definition) is 6. The van der Waals surface area contributed by atoms with Gasteiger partial charge in [-0.2, -0.15) is 13.9 Å². The summed E-state index contributed by atoms with van der Waals surface area (Å²) in [4.78, 5) is 5.15. The third-order valence-corrected chi connectivity index (χ3v) is 7.28. The highest BCUT2D eigenvalue weighted by molar-refractivity contribution is 6.30. The second-order valence-corrected chi connectivity index (χ2v) is 9.86. The number of aromatic amines is 1. The van der Waals surface area contributed by atoms with E-state index in [-0.39, 0.29) is 43.7 Å². The molecule has 0 bridgehead atoms. The molecule has 1 saturated heterocycles. The minimum atomic E-state index is -3.70. The molecule has 1 fully saturated rings. The summed E-state index contributed by atoms with van der Waals surface area (Å²) in [6.45, 7) is 3.20. The van der Waals surface area contributed by atoms with Crippen LogP contribution < -0.4 is 5.32 Å². The Morgan fingerprint density at radius 3 is 2.65 bits per heavy atom. The van der Waals surface area contributed by atoms with Crippen LogP contribution in [0.4, 0.5) is 29.2 Å². The fraction of sp³-hybridized carbons (Fsp3) is 0.440. The number of aliphatic hydroxyl groups is 2. The van der Waals surface area contributed by atoms with Crippen LogP contribution in [-0.4, -0.2) is 49.2 Å². The van der Waals surface area contributed by atoms with Crippen LogP contribution in [0.25, 0.3) is 0 Å². The molecule has 12 heteroatoms. The van der Waals surface area contributed by atoms with Crippen molar-refractivity contribution >= 4 is 23.2 Å². The van der Waals surface area contributed by atoms with Gasteiger partial charge in [-0.25, -0.2) is 18.7 Å². The fourth-order valence-electron chi connectivity index (χ4n) is 4.94. The van der Waals surface area contributed by atoms with E-state index in [9.17, 15) is 19.0 Å². The quantitative estimate of drug-likeness (QED) is 0.177. The Bertz CT molecular complexity index is 1260. The Balaban J connectivity index is 1.60. The van der Waals surface area contributed by atoms with Gasteiger partial charge in [0.1, 0.15) is 11.6 Å². The van der Waals surface area contributed by atoms with Gasteiger partial charge in [-0.05, 0) is 50.5 Å². The molecule has 0 unspecified atom stereocenters. The Morgan fingerprint density at radius 1 is 1.24 bits per heavy atom. The Kier molecular flexibility index (Phi) is 7.80. The van der Waals surface area contributed by atoms with Gasteiger partial charge in [0.25, 0.3) is 0 Å². The Hall–Kier alpha value is -2.73. The van der Waals surface area contributed by atoms with Gasteiger partial charge < -0.3 is 15.5 Å². The van der Waals surface area contributed by atoms with Crippen LogP contribution >= 0.6 is 11.6 Å². The maximum atomic E-state index is 15.5. The van der Waals surface area contributed by atoms with Crippen LogP contribution in [0.5, 0.6) is 0 Å². The summed E-state index contributed by atoms with van der Waals surface area (Å²) in [6.07, 6.45) is -2.13. The summed E-state index contributed by atoms with van der Waals surface area (Å²) in [5, 5.41) is 30.1. The van der Waals surface area contributed by atoms with Gasteiger partial charge in [0.05, 0.1) is 16.3 Å². The van der Waals surface area contributed by atoms with Gasteiger partial charge in [-0.1, -0.05) is 24.6 Å². The van der Waals surface area contributed by atoms with Gasteiger partial charge in [0.2, 0.25) is 0 Å². The molecular formula is C25H28ClF4N5O2. The molecule has 1 aromatic carbocycles. The molecule has 1 aliphatic heterocycles. The lowest BCUT2D eigenvalue weighted by molar-refractivity contribution is -0.224. The second kappa shape index (κ2) is 10.6. The Labute approximate surface area is 216 Å². The topological polar surface area (TPSA) is 97.3 Å². The van der Waals surface area contributed by atoms with E-state index >= 15 is 8.78 Å². The molecule has 2 aromatic heterocycles. The van der Waals surface area contributed by atoms with Crippen LogP contribution in [0, 0.1) is 24.0 Å². The molecule has 0 saturated carbocycles. The number of aliphatic hydroxyl groups excluding tert-OH is 1. The molecule has 1 aliphatic rings. The maximum absolute atomic E-state index is 15.5. The van der Waals surface area contributed by atoms with Gasteiger partial charge in [-0.3, -0.25) is 5.10 Å². The first kappa shape index (κ1) is 27.3. The van der Waals surface area contributed by atoms with E-state index in [4.69, 9.17) is 11.6 Å². The molecule has 37 heavy (non-hydrogen) atoms. The minimum Gasteiger partial charge on any atom is -0.368 e. The van der Waals surface area contributed by atoms with Crippen molar-refractivity contribution in [1.82, 2.24) is 20.1 Å². The van der Waals surface area contributed by atoms with E-state index in [1.54, 1.807) is 13.0 Å². The zero-order valence-electron chi connectivity index (χ0n) is 20.3. The van der Waals surface area contributed by atoms with E-state index in [2.05, 4.69) is 20.5 Å². The average Bonchev–Trinajstić information content (AvgIpc) is 3.26. The summed E-state index contributed by atoms with van der Waals surface area (Å²) in [7, 11) is 0. The van der Waals surface area contributed by atoms with Crippen molar-refractivity contribution in [3.05, 3.63) is 70.0 Å². The summed E-state index contributed by atoms with van der Waals surface area (Å²) >= 11 is 5.74. The number of piperidine rings is 1. The van der Waals surface area contributed by atoms with Gasteiger partial charge in [0.15, 0.2) is 17.9 Å². The predicted molar refractivity (Wildman–Crippen MR) is 130 cm³/mol. The maximum Gasteiger partial charge on any atom is 0.334 e. The monoisotopic (exact) mass is 541 g/mol. The number of alkyl halides is 2. The smallest absolute Gasteiger partial charge is 0.334 e. The number of aryl methyl sites for hydroxylation is 1. The number of aromatic nitrogens is 3. The van der Waals surface area contributed by atoms with E-state index in [0.717, 1.165) is 16.7 Å². The highest BCUT2D eigenvalue weighted by Crippen LogP contribution is 2.47. The molecule has 0 amide bonds. The minimum absolute atomic E-state index is 0.0405. The van der Waals surface area contributed by atoms with E-state index in [1.165, 1.54) is 24.3 Å². The number of halogens is 5. The number of rotatable bonds is 8. The first-order valence-corrected chi connectivity index (χ1v) is 12.2.